The van der Waals surface area contributed by atoms with Crippen molar-refractivity contribution in [3.8, 4) is 5.69 Å². The summed E-state index contributed by atoms with van der Waals surface area (Å²) in [5.74, 6) is -3.88. The smallest absolute Gasteiger partial charge is 0.435 e. The molecule has 1 aromatic heterocycles. The fourth-order valence-electron chi connectivity index (χ4n) is 2.20. The summed E-state index contributed by atoms with van der Waals surface area (Å²) in [7, 11) is 1.29. The third-order valence-electron chi connectivity index (χ3n) is 3.45. The lowest BCUT2D eigenvalue weighted by Crippen LogP contribution is -2.42. The zero-order chi connectivity index (χ0) is 20.2. The van der Waals surface area contributed by atoms with Crippen LogP contribution in [0, 0.1) is 5.82 Å². The van der Waals surface area contributed by atoms with E-state index in [2.05, 4.69) is 10.3 Å². The Bertz CT molecular complexity index is 837. The number of halogens is 4. The number of ether oxygens (including phenoxy) is 1. The second-order valence-electron chi connectivity index (χ2n) is 5.29. The molecule has 12 heteroatoms. The van der Waals surface area contributed by atoms with Gasteiger partial charge in [0, 0.05) is 20.1 Å². The summed E-state index contributed by atoms with van der Waals surface area (Å²) in [6.07, 6.45) is -5.29. The Morgan fingerprint density at radius 3 is 2.56 bits per heavy atom. The van der Waals surface area contributed by atoms with E-state index in [1.807, 2.05) is 5.32 Å². The molecule has 2 rings (SSSR count). The Morgan fingerprint density at radius 2 is 2.00 bits per heavy atom. The van der Waals surface area contributed by atoms with E-state index >= 15 is 0 Å². The molecule has 0 spiro atoms. The molecule has 0 fully saturated rings. The maximum atomic E-state index is 13.9. The van der Waals surface area contributed by atoms with E-state index in [0.29, 0.717) is 0 Å². The molecule has 27 heavy (non-hydrogen) atoms. The maximum Gasteiger partial charge on any atom is 0.435 e. The molecule has 8 nitrogen and oxygen atoms in total. The lowest BCUT2D eigenvalue weighted by atomic mass is 10.2. The number of aliphatic carboxylic acids is 1. The highest BCUT2D eigenvalue weighted by atomic mass is 19.4. The zero-order valence-electron chi connectivity index (χ0n) is 13.8. The third kappa shape index (κ3) is 4.58. The molecule has 0 bridgehead atoms. The summed E-state index contributed by atoms with van der Waals surface area (Å²) in [6, 6.07) is 2.99. The predicted octanol–water partition coefficient (Wildman–Crippen LogP) is 1.64. The highest BCUT2D eigenvalue weighted by Crippen LogP contribution is 2.33. The van der Waals surface area contributed by atoms with Gasteiger partial charge in [0.2, 0.25) is 0 Å². The van der Waals surface area contributed by atoms with Crippen molar-refractivity contribution in [2.75, 3.05) is 13.7 Å². The Labute approximate surface area is 149 Å². The van der Waals surface area contributed by atoms with E-state index in [0.717, 1.165) is 12.1 Å². The van der Waals surface area contributed by atoms with Gasteiger partial charge in [-0.2, -0.15) is 13.2 Å². The molecule has 2 aromatic rings. The number of amides is 1. The molecule has 1 atom stereocenters. The SMILES string of the molecule is COCCC(NC(=O)c1nnn(-c2ccccc2F)c1C(F)(F)F)C(=O)O. The number of para-hydroxylation sites is 1. The van der Waals surface area contributed by atoms with Gasteiger partial charge in [0.15, 0.2) is 11.4 Å². The number of carboxylic acid groups (broad SMARTS) is 1. The molecule has 1 amide bonds. The number of nitrogens with one attached hydrogen (secondary N) is 1. The van der Waals surface area contributed by atoms with E-state index in [-0.39, 0.29) is 17.7 Å². The molecule has 0 aliphatic rings. The number of methoxy groups -OCH3 is 1. The number of hydrogen-bond donors (Lipinski definition) is 2. The average Bonchev–Trinajstić information content (AvgIpc) is 3.04. The number of nitrogens with zero attached hydrogens (tertiary/aromatic N) is 3. The summed E-state index contributed by atoms with van der Waals surface area (Å²) >= 11 is 0. The second-order valence-corrected chi connectivity index (χ2v) is 5.29. The number of carbonyl (C=O) groups excluding carboxylic acids is 1. The Hall–Kier alpha value is -3.02. The van der Waals surface area contributed by atoms with E-state index in [9.17, 15) is 27.2 Å². The van der Waals surface area contributed by atoms with Crippen LogP contribution in [0.3, 0.4) is 0 Å². The summed E-state index contributed by atoms with van der Waals surface area (Å²) in [6.45, 7) is -0.0503. The highest BCUT2D eigenvalue weighted by Gasteiger charge is 2.42. The van der Waals surface area contributed by atoms with Gasteiger partial charge < -0.3 is 15.2 Å². The van der Waals surface area contributed by atoms with Crippen LogP contribution in [0.5, 0.6) is 0 Å². The van der Waals surface area contributed by atoms with Crippen LogP contribution in [-0.2, 0) is 15.7 Å². The molecule has 0 radical (unpaired) electrons. The van der Waals surface area contributed by atoms with E-state index in [1.165, 1.54) is 19.2 Å². The van der Waals surface area contributed by atoms with Crippen LogP contribution in [0.15, 0.2) is 24.3 Å². The summed E-state index contributed by atoms with van der Waals surface area (Å²) in [4.78, 5) is 23.3. The number of carbonyl (C=O) groups is 2. The van der Waals surface area contributed by atoms with Gasteiger partial charge in [-0.25, -0.2) is 13.9 Å². The molecular weight excluding hydrogens is 376 g/mol. The zero-order valence-corrected chi connectivity index (χ0v) is 13.8. The van der Waals surface area contributed by atoms with Crippen LogP contribution in [0.1, 0.15) is 22.6 Å². The third-order valence-corrected chi connectivity index (χ3v) is 3.45. The van der Waals surface area contributed by atoms with Crippen LogP contribution in [0.4, 0.5) is 17.6 Å². The van der Waals surface area contributed by atoms with Gasteiger partial charge in [-0.1, -0.05) is 17.3 Å². The van der Waals surface area contributed by atoms with Gasteiger partial charge in [0.05, 0.1) is 0 Å². The number of rotatable bonds is 7. The van der Waals surface area contributed by atoms with Crippen molar-refractivity contribution in [2.24, 2.45) is 0 Å². The quantitative estimate of drug-likeness (QED) is 0.697. The van der Waals surface area contributed by atoms with Crippen LogP contribution < -0.4 is 5.32 Å². The van der Waals surface area contributed by atoms with Crippen molar-refractivity contribution in [3.05, 3.63) is 41.5 Å². The van der Waals surface area contributed by atoms with Gasteiger partial charge in [0.1, 0.15) is 17.5 Å². The fourth-order valence-corrected chi connectivity index (χ4v) is 2.20. The predicted molar refractivity (Wildman–Crippen MR) is 81.7 cm³/mol. The van der Waals surface area contributed by atoms with Gasteiger partial charge in [0.25, 0.3) is 5.91 Å². The lowest BCUT2D eigenvalue weighted by Gasteiger charge is -2.15. The molecule has 146 valence electrons. The van der Waals surface area contributed by atoms with E-state index in [1.54, 1.807) is 0 Å². The van der Waals surface area contributed by atoms with Crippen molar-refractivity contribution >= 4 is 11.9 Å². The first-order valence-electron chi connectivity index (χ1n) is 7.47. The summed E-state index contributed by atoms with van der Waals surface area (Å²) in [5.41, 5.74) is -3.36. The van der Waals surface area contributed by atoms with Gasteiger partial charge >= 0.3 is 12.1 Å². The van der Waals surface area contributed by atoms with Crippen LogP contribution >= 0.6 is 0 Å². The van der Waals surface area contributed by atoms with Crippen LogP contribution in [0.25, 0.3) is 5.69 Å². The molecule has 0 aliphatic heterocycles. The minimum absolute atomic E-state index is 0.0503. The fraction of sp³-hybridized carbons (Fsp3) is 0.333. The molecule has 1 aromatic carbocycles. The second kappa shape index (κ2) is 8.12. The average molecular weight is 390 g/mol. The molecule has 1 unspecified atom stereocenters. The van der Waals surface area contributed by atoms with Crippen molar-refractivity contribution < 1.29 is 37.0 Å². The number of aromatic nitrogens is 3. The van der Waals surface area contributed by atoms with E-state index in [4.69, 9.17) is 9.84 Å². The summed E-state index contributed by atoms with van der Waals surface area (Å²) in [5, 5.41) is 17.4. The minimum Gasteiger partial charge on any atom is -0.480 e. The Morgan fingerprint density at radius 1 is 1.33 bits per heavy atom. The summed E-state index contributed by atoms with van der Waals surface area (Å²) < 4.78 is 59.1. The monoisotopic (exact) mass is 390 g/mol. The molecular formula is C15H14F4N4O4. The Kier molecular flexibility index (Phi) is 6.10. The maximum absolute atomic E-state index is 13.9. The first-order valence-corrected chi connectivity index (χ1v) is 7.47. The minimum atomic E-state index is -5.11. The molecule has 1 heterocycles. The molecule has 0 saturated carbocycles. The van der Waals surface area contributed by atoms with Crippen LogP contribution in [0.2, 0.25) is 0 Å². The molecule has 0 aliphatic carbocycles. The van der Waals surface area contributed by atoms with Gasteiger partial charge in [-0.3, -0.25) is 4.79 Å². The molecule has 2 N–H and O–H groups in total. The number of carboxylic acids is 1. The standard InChI is InChI=1S/C15H14F4N4O4/c1-27-7-6-9(14(25)26)20-13(24)11-12(15(17,18)19)23(22-21-11)10-5-3-2-4-8(10)16/h2-5,9H,6-7H2,1H3,(H,20,24)(H,25,26). The van der Waals surface area contributed by atoms with Crippen LogP contribution in [-0.4, -0.2) is 51.7 Å². The largest absolute Gasteiger partial charge is 0.480 e. The molecule has 0 saturated heterocycles. The van der Waals surface area contributed by atoms with Crippen molar-refractivity contribution in [1.29, 1.82) is 0 Å². The normalized spacial score (nSPS) is 12.6. The number of alkyl halides is 3. The lowest BCUT2D eigenvalue weighted by molar-refractivity contribution is -0.143. The van der Waals surface area contributed by atoms with Crippen molar-refractivity contribution in [2.45, 2.75) is 18.6 Å². The topological polar surface area (TPSA) is 106 Å². The van der Waals surface area contributed by atoms with Crippen molar-refractivity contribution in [3.63, 3.8) is 0 Å². The van der Waals surface area contributed by atoms with Crippen molar-refractivity contribution in [1.82, 2.24) is 20.3 Å². The Balaban J connectivity index is 2.44. The van der Waals surface area contributed by atoms with E-state index < -0.39 is 47.0 Å². The number of benzene rings is 1. The van der Waals surface area contributed by atoms with Gasteiger partial charge in [-0.15, -0.1) is 5.10 Å². The van der Waals surface area contributed by atoms with Gasteiger partial charge in [-0.05, 0) is 12.1 Å². The number of hydrogen-bond acceptors (Lipinski definition) is 5. The first kappa shape index (κ1) is 20.3. The highest BCUT2D eigenvalue weighted by molar-refractivity contribution is 5.96. The first-order chi connectivity index (χ1) is 12.7.